The molecule has 0 spiro atoms. The number of likely N-dealkylation sites (N-methyl/N-ethyl adjacent to an activating group) is 1. The van der Waals surface area contributed by atoms with E-state index < -0.39 is 0 Å². The molecule has 3 rings (SSSR count). The summed E-state index contributed by atoms with van der Waals surface area (Å²) in [6.45, 7) is 1.10. The van der Waals surface area contributed by atoms with Crippen LogP contribution in [0.4, 0.5) is 0 Å². The maximum Gasteiger partial charge on any atom is 0.161 e. The van der Waals surface area contributed by atoms with E-state index in [0.717, 1.165) is 30.9 Å². The molecule has 4 heteroatoms. The third kappa shape index (κ3) is 2.31. The third-order valence-electron chi connectivity index (χ3n) is 5.29. The van der Waals surface area contributed by atoms with Crippen LogP contribution in [0, 0.1) is 0 Å². The number of likely N-dealkylation sites (tertiary alicyclic amines) is 1. The van der Waals surface area contributed by atoms with E-state index in [1.54, 1.807) is 21.3 Å². The summed E-state index contributed by atoms with van der Waals surface area (Å²) in [6, 6.07) is 6.77. The van der Waals surface area contributed by atoms with Gasteiger partial charge < -0.3 is 19.1 Å². The Morgan fingerprint density at radius 1 is 1.14 bits per heavy atom. The minimum absolute atomic E-state index is 0.0450. The van der Waals surface area contributed by atoms with E-state index in [-0.39, 0.29) is 11.5 Å². The van der Waals surface area contributed by atoms with E-state index in [1.165, 1.54) is 5.56 Å². The van der Waals surface area contributed by atoms with Gasteiger partial charge in [-0.15, -0.1) is 0 Å². The first-order chi connectivity index (χ1) is 10.6. The van der Waals surface area contributed by atoms with Gasteiger partial charge in [0.05, 0.1) is 20.3 Å². The minimum atomic E-state index is 0.0450. The van der Waals surface area contributed by atoms with E-state index in [1.807, 2.05) is 6.07 Å². The zero-order valence-corrected chi connectivity index (χ0v) is 13.8. The molecule has 1 fully saturated rings. The van der Waals surface area contributed by atoms with E-state index in [4.69, 9.17) is 14.2 Å². The highest BCUT2D eigenvalue weighted by atomic mass is 16.5. The molecule has 0 N–H and O–H groups in total. The van der Waals surface area contributed by atoms with Crippen molar-refractivity contribution in [2.75, 3.05) is 34.9 Å². The maximum absolute atomic E-state index is 5.55. The molecule has 0 aromatic heterocycles. The highest BCUT2D eigenvalue weighted by molar-refractivity contribution is 5.48. The number of methoxy groups -OCH3 is 3. The summed E-state index contributed by atoms with van der Waals surface area (Å²) in [7, 11) is 7.35. The van der Waals surface area contributed by atoms with E-state index in [9.17, 15) is 0 Å². The Labute approximate surface area is 132 Å². The molecule has 0 saturated carbocycles. The van der Waals surface area contributed by atoms with Gasteiger partial charge in [-0.2, -0.15) is 0 Å². The largest absolute Gasteiger partial charge is 0.493 e. The molecule has 0 amide bonds. The van der Waals surface area contributed by atoms with Crippen molar-refractivity contribution in [1.82, 2.24) is 4.90 Å². The number of hydrogen-bond donors (Lipinski definition) is 0. The molecule has 1 heterocycles. The molecular formula is C18H25NO3. The zero-order valence-electron chi connectivity index (χ0n) is 13.8. The fraction of sp³-hybridized carbons (Fsp3) is 0.556. The van der Waals surface area contributed by atoms with Crippen molar-refractivity contribution in [3.8, 4) is 11.5 Å². The van der Waals surface area contributed by atoms with Gasteiger partial charge in [0.15, 0.2) is 11.5 Å². The molecule has 1 aromatic carbocycles. The summed E-state index contributed by atoms with van der Waals surface area (Å²) in [6.07, 6.45) is 6.92. The van der Waals surface area contributed by atoms with Crippen LogP contribution in [0.3, 0.4) is 0 Å². The van der Waals surface area contributed by atoms with Crippen molar-refractivity contribution in [1.29, 1.82) is 0 Å². The Balaban J connectivity index is 2.04. The molecule has 3 atom stereocenters. The number of rotatable bonds is 4. The molecule has 2 aliphatic rings. The number of nitrogens with zero attached hydrogens (tertiary/aromatic N) is 1. The fourth-order valence-corrected chi connectivity index (χ4v) is 3.97. The van der Waals surface area contributed by atoms with Gasteiger partial charge in [0.2, 0.25) is 0 Å². The van der Waals surface area contributed by atoms with E-state index >= 15 is 0 Å². The second-order valence-electron chi connectivity index (χ2n) is 6.23. The lowest BCUT2D eigenvalue weighted by atomic mass is 9.69. The Kier molecular flexibility index (Phi) is 4.15. The van der Waals surface area contributed by atoms with Gasteiger partial charge in [0.25, 0.3) is 0 Å². The molecule has 0 radical (unpaired) electrons. The van der Waals surface area contributed by atoms with Crippen LogP contribution < -0.4 is 9.47 Å². The summed E-state index contributed by atoms with van der Waals surface area (Å²) in [5.41, 5.74) is 1.34. The van der Waals surface area contributed by atoms with Crippen LogP contribution in [0.2, 0.25) is 0 Å². The standard InChI is InChI=1S/C18H25NO3/c1-19-10-9-18(8-7-14(20-2)12-17(18)19)13-5-6-15(21-3)16(11-13)22-4/h5-8,11,14,17H,9-10,12H2,1-4H3/t14-,17+,18+/m1/s1. The predicted molar refractivity (Wildman–Crippen MR) is 86.8 cm³/mol. The fourth-order valence-electron chi connectivity index (χ4n) is 3.97. The summed E-state index contributed by atoms with van der Waals surface area (Å²) in [5.74, 6) is 1.57. The van der Waals surface area contributed by atoms with Gasteiger partial charge in [-0.05, 0) is 44.1 Å². The van der Waals surface area contributed by atoms with Crippen LogP contribution in [0.25, 0.3) is 0 Å². The second-order valence-corrected chi connectivity index (χ2v) is 6.23. The van der Waals surface area contributed by atoms with E-state index in [2.05, 4.69) is 36.2 Å². The Hall–Kier alpha value is -1.52. The highest BCUT2D eigenvalue weighted by Crippen LogP contribution is 2.47. The molecule has 0 unspecified atom stereocenters. The molecule has 1 aliphatic carbocycles. The van der Waals surface area contributed by atoms with Crippen molar-refractivity contribution >= 4 is 0 Å². The van der Waals surface area contributed by atoms with Crippen molar-refractivity contribution in [3.05, 3.63) is 35.9 Å². The molecule has 0 bridgehead atoms. The van der Waals surface area contributed by atoms with Crippen molar-refractivity contribution in [2.45, 2.75) is 30.4 Å². The van der Waals surface area contributed by atoms with Gasteiger partial charge in [0, 0.05) is 18.6 Å². The number of fused-ring (bicyclic) bond motifs is 1. The minimum Gasteiger partial charge on any atom is -0.493 e. The van der Waals surface area contributed by atoms with Gasteiger partial charge in [0.1, 0.15) is 0 Å². The van der Waals surface area contributed by atoms with Crippen LogP contribution in [-0.2, 0) is 10.2 Å². The highest BCUT2D eigenvalue weighted by Gasteiger charge is 2.48. The Morgan fingerprint density at radius 2 is 1.91 bits per heavy atom. The maximum atomic E-state index is 5.55. The topological polar surface area (TPSA) is 30.9 Å². The number of hydrogen-bond acceptors (Lipinski definition) is 4. The first kappa shape index (κ1) is 15.4. The lowest BCUT2D eigenvalue weighted by Crippen LogP contribution is -2.44. The number of ether oxygens (including phenoxy) is 3. The summed E-state index contributed by atoms with van der Waals surface area (Å²) in [5, 5.41) is 0. The van der Waals surface area contributed by atoms with Crippen molar-refractivity contribution in [2.24, 2.45) is 0 Å². The van der Waals surface area contributed by atoms with Crippen LogP contribution in [0.1, 0.15) is 18.4 Å². The summed E-state index contributed by atoms with van der Waals surface area (Å²) in [4.78, 5) is 2.45. The molecule has 22 heavy (non-hydrogen) atoms. The van der Waals surface area contributed by atoms with Gasteiger partial charge in [-0.3, -0.25) is 0 Å². The normalized spacial score (nSPS) is 31.1. The average molecular weight is 303 g/mol. The molecule has 4 nitrogen and oxygen atoms in total. The Morgan fingerprint density at radius 3 is 2.59 bits per heavy atom. The van der Waals surface area contributed by atoms with E-state index in [0.29, 0.717) is 6.04 Å². The zero-order chi connectivity index (χ0) is 15.7. The SMILES string of the molecule is COc1ccc([C@@]23C=C[C@@H](OC)C[C@@H]2N(C)CC3)cc1OC. The second kappa shape index (κ2) is 5.94. The quantitative estimate of drug-likeness (QED) is 0.800. The Bertz CT molecular complexity index is 571. The van der Waals surface area contributed by atoms with Crippen LogP contribution in [-0.4, -0.2) is 52.0 Å². The molecule has 1 aliphatic heterocycles. The molecule has 1 saturated heterocycles. The first-order valence-electron chi connectivity index (χ1n) is 7.79. The monoisotopic (exact) mass is 303 g/mol. The lowest BCUT2D eigenvalue weighted by molar-refractivity contribution is 0.0900. The smallest absolute Gasteiger partial charge is 0.161 e. The third-order valence-corrected chi connectivity index (χ3v) is 5.29. The van der Waals surface area contributed by atoms with Gasteiger partial charge in [-0.25, -0.2) is 0 Å². The first-order valence-corrected chi connectivity index (χ1v) is 7.79. The molecule has 120 valence electrons. The summed E-state index contributed by atoms with van der Waals surface area (Å²) >= 11 is 0. The molecule has 1 aromatic rings. The van der Waals surface area contributed by atoms with Crippen LogP contribution in [0.15, 0.2) is 30.4 Å². The average Bonchev–Trinajstić information content (AvgIpc) is 2.91. The van der Waals surface area contributed by atoms with Crippen molar-refractivity contribution < 1.29 is 14.2 Å². The summed E-state index contributed by atoms with van der Waals surface area (Å²) < 4.78 is 16.4. The number of benzene rings is 1. The van der Waals surface area contributed by atoms with Crippen LogP contribution in [0.5, 0.6) is 11.5 Å². The van der Waals surface area contributed by atoms with Gasteiger partial charge in [-0.1, -0.05) is 18.2 Å². The molecular weight excluding hydrogens is 278 g/mol. The van der Waals surface area contributed by atoms with Crippen molar-refractivity contribution in [3.63, 3.8) is 0 Å². The predicted octanol–water partition coefficient (Wildman–Crippen LogP) is 2.62. The lowest BCUT2D eigenvalue weighted by Gasteiger charge is -2.40. The van der Waals surface area contributed by atoms with Crippen LogP contribution >= 0.6 is 0 Å². The van der Waals surface area contributed by atoms with Gasteiger partial charge >= 0.3 is 0 Å².